The number of amides is 2. The van der Waals surface area contributed by atoms with Crippen molar-refractivity contribution in [3.05, 3.63) is 53.3 Å². The Bertz CT molecular complexity index is 856. The summed E-state index contributed by atoms with van der Waals surface area (Å²) >= 11 is 6.21. The van der Waals surface area contributed by atoms with Gasteiger partial charge in [-0.25, -0.2) is 4.39 Å². The standard InChI is InChI=1S/C19H19ClFN3O2/c1-23(2)18-13(20)6-5-8-15(18)22-19(26)12-10-17(25)24(11-12)16-9-4-3-7-14(16)21/h3-9,12H,10-11H2,1-2H3,(H,22,26). The molecule has 0 spiro atoms. The molecule has 2 aromatic rings. The van der Waals surface area contributed by atoms with E-state index in [1.165, 1.54) is 17.0 Å². The number of halogens is 2. The Morgan fingerprint density at radius 3 is 2.65 bits per heavy atom. The predicted molar refractivity (Wildman–Crippen MR) is 101 cm³/mol. The largest absolute Gasteiger partial charge is 0.375 e. The Kier molecular flexibility index (Phi) is 5.13. The molecule has 1 aliphatic heterocycles. The smallest absolute Gasteiger partial charge is 0.229 e. The van der Waals surface area contributed by atoms with Crippen molar-refractivity contribution >= 4 is 40.5 Å². The number of hydrogen-bond acceptors (Lipinski definition) is 3. The summed E-state index contributed by atoms with van der Waals surface area (Å²) in [6.45, 7) is 0.142. The number of rotatable bonds is 4. The molecule has 0 bridgehead atoms. The van der Waals surface area contributed by atoms with Crippen LogP contribution in [0.5, 0.6) is 0 Å². The molecule has 3 rings (SSSR count). The van der Waals surface area contributed by atoms with Crippen LogP contribution in [0.1, 0.15) is 6.42 Å². The van der Waals surface area contributed by atoms with Crippen molar-refractivity contribution in [2.24, 2.45) is 5.92 Å². The van der Waals surface area contributed by atoms with Crippen molar-refractivity contribution in [1.29, 1.82) is 0 Å². The minimum atomic E-state index is -0.559. The molecular formula is C19H19ClFN3O2. The van der Waals surface area contributed by atoms with E-state index in [9.17, 15) is 14.0 Å². The SMILES string of the molecule is CN(C)c1c(Cl)cccc1NC(=O)C1CC(=O)N(c2ccccc2F)C1. The summed E-state index contributed by atoms with van der Waals surface area (Å²) in [7, 11) is 3.66. The minimum Gasteiger partial charge on any atom is -0.375 e. The molecule has 0 saturated carbocycles. The quantitative estimate of drug-likeness (QED) is 0.889. The minimum absolute atomic E-state index is 0.0397. The van der Waals surface area contributed by atoms with Crippen molar-refractivity contribution in [2.45, 2.75) is 6.42 Å². The van der Waals surface area contributed by atoms with Crippen molar-refractivity contribution in [2.75, 3.05) is 35.8 Å². The summed E-state index contributed by atoms with van der Waals surface area (Å²) in [5.41, 5.74) is 1.46. The molecule has 1 saturated heterocycles. The fraction of sp³-hybridized carbons (Fsp3) is 0.263. The number of anilines is 3. The Morgan fingerprint density at radius 1 is 1.23 bits per heavy atom. The van der Waals surface area contributed by atoms with Gasteiger partial charge in [-0.1, -0.05) is 29.8 Å². The van der Waals surface area contributed by atoms with Crippen molar-refractivity contribution in [1.82, 2.24) is 0 Å². The second-order valence-corrected chi connectivity index (χ2v) is 6.78. The zero-order valence-electron chi connectivity index (χ0n) is 14.5. The molecular weight excluding hydrogens is 357 g/mol. The number of para-hydroxylation sites is 2. The third-order valence-corrected chi connectivity index (χ3v) is 4.64. The van der Waals surface area contributed by atoms with Gasteiger partial charge < -0.3 is 15.1 Å². The normalized spacial score (nSPS) is 16.7. The molecule has 1 fully saturated rings. The number of carbonyl (C=O) groups excluding carboxylic acids is 2. The highest BCUT2D eigenvalue weighted by atomic mass is 35.5. The van der Waals surface area contributed by atoms with Gasteiger partial charge in [0.1, 0.15) is 5.82 Å². The average molecular weight is 376 g/mol. The van der Waals surface area contributed by atoms with Crippen LogP contribution in [0.3, 0.4) is 0 Å². The van der Waals surface area contributed by atoms with Gasteiger partial charge in [-0.05, 0) is 24.3 Å². The zero-order chi connectivity index (χ0) is 18.8. The van der Waals surface area contributed by atoms with Gasteiger partial charge >= 0.3 is 0 Å². The molecule has 2 aromatic carbocycles. The second-order valence-electron chi connectivity index (χ2n) is 6.38. The number of nitrogens with zero attached hydrogens (tertiary/aromatic N) is 2. The van der Waals surface area contributed by atoms with Gasteiger partial charge in [-0.3, -0.25) is 9.59 Å². The fourth-order valence-electron chi connectivity index (χ4n) is 3.09. The lowest BCUT2D eigenvalue weighted by Crippen LogP contribution is -2.29. The Hall–Kier alpha value is -2.60. The summed E-state index contributed by atoms with van der Waals surface area (Å²) < 4.78 is 14.0. The van der Waals surface area contributed by atoms with Crippen LogP contribution in [0.15, 0.2) is 42.5 Å². The van der Waals surface area contributed by atoms with Gasteiger partial charge in [0.05, 0.1) is 28.0 Å². The third kappa shape index (κ3) is 3.51. The molecule has 0 aromatic heterocycles. The molecule has 2 amide bonds. The lowest BCUT2D eigenvalue weighted by molar-refractivity contribution is -0.122. The predicted octanol–water partition coefficient (Wildman–Crippen LogP) is 3.54. The number of benzene rings is 2. The molecule has 1 atom stereocenters. The van der Waals surface area contributed by atoms with Crippen LogP contribution >= 0.6 is 11.6 Å². The lowest BCUT2D eigenvalue weighted by Gasteiger charge is -2.21. The summed E-state index contributed by atoms with van der Waals surface area (Å²) in [4.78, 5) is 28.1. The van der Waals surface area contributed by atoms with E-state index in [-0.39, 0.29) is 30.5 Å². The van der Waals surface area contributed by atoms with E-state index in [1.807, 2.05) is 19.0 Å². The highest BCUT2D eigenvalue weighted by Gasteiger charge is 2.36. The maximum Gasteiger partial charge on any atom is 0.229 e. The van der Waals surface area contributed by atoms with E-state index in [1.54, 1.807) is 30.3 Å². The van der Waals surface area contributed by atoms with E-state index in [2.05, 4.69) is 5.32 Å². The third-order valence-electron chi connectivity index (χ3n) is 4.33. The monoisotopic (exact) mass is 375 g/mol. The van der Waals surface area contributed by atoms with E-state index in [0.29, 0.717) is 16.4 Å². The maximum absolute atomic E-state index is 14.0. The Balaban J connectivity index is 1.78. The molecule has 136 valence electrons. The van der Waals surface area contributed by atoms with Crippen molar-refractivity contribution in [3.63, 3.8) is 0 Å². The van der Waals surface area contributed by atoms with Crippen LogP contribution in [0.25, 0.3) is 0 Å². The summed E-state index contributed by atoms with van der Waals surface area (Å²) in [5.74, 6) is -1.60. The van der Waals surface area contributed by atoms with Gasteiger partial charge in [0.2, 0.25) is 11.8 Å². The molecule has 0 aliphatic carbocycles. The maximum atomic E-state index is 14.0. The first-order valence-corrected chi connectivity index (χ1v) is 8.58. The summed E-state index contributed by atoms with van der Waals surface area (Å²) in [6.07, 6.45) is 0.0397. The molecule has 5 nitrogen and oxygen atoms in total. The van der Waals surface area contributed by atoms with Gasteiger partial charge in [-0.2, -0.15) is 0 Å². The van der Waals surface area contributed by atoms with Gasteiger partial charge in [0.25, 0.3) is 0 Å². The van der Waals surface area contributed by atoms with E-state index in [4.69, 9.17) is 11.6 Å². The van der Waals surface area contributed by atoms with Crippen molar-refractivity contribution < 1.29 is 14.0 Å². The van der Waals surface area contributed by atoms with E-state index < -0.39 is 11.7 Å². The second kappa shape index (κ2) is 7.33. The Labute approximate surface area is 156 Å². The van der Waals surface area contributed by atoms with Crippen LogP contribution in [0.2, 0.25) is 5.02 Å². The van der Waals surface area contributed by atoms with Crippen LogP contribution in [-0.4, -0.2) is 32.5 Å². The van der Waals surface area contributed by atoms with Gasteiger partial charge in [0, 0.05) is 27.1 Å². The first-order chi connectivity index (χ1) is 12.4. The van der Waals surface area contributed by atoms with Crippen molar-refractivity contribution in [3.8, 4) is 0 Å². The molecule has 1 N–H and O–H groups in total. The number of hydrogen-bond donors (Lipinski definition) is 1. The van der Waals surface area contributed by atoms with Crippen LogP contribution in [0.4, 0.5) is 21.5 Å². The number of nitrogens with one attached hydrogen (secondary N) is 1. The topological polar surface area (TPSA) is 52.7 Å². The lowest BCUT2D eigenvalue weighted by atomic mass is 10.1. The van der Waals surface area contributed by atoms with Crippen LogP contribution < -0.4 is 15.1 Å². The van der Waals surface area contributed by atoms with Crippen LogP contribution in [-0.2, 0) is 9.59 Å². The molecule has 26 heavy (non-hydrogen) atoms. The van der Waals surface area contributed by atoms with Gasteiger partial charge in [-0.15, -0.1) is 0 Å². The first kappa shape index (κ1) is 18.2. The average Bonchev–Trinajstić information content (AvgIpc) is 2.97. The molecule has 1 aliphatic rings. The van der Waals surface area contributed by atoms with E-state index >= 15 is 0 Å². The molecule has 0 radical (unpaired) electrons. The fourth-order valence-corrected chi connectivity index (χ4v) is 3.44. The highest BCUT2D eigenvalue weighted by Crippen LogP contribution is 2.34. The van der Waals surface area contributed by atoms with E-state index in [0.717, 1.165) is 0 Å². The Morgan fingerprint density at radius 2 is 1.96 bits per heavy atom. The molecule has 1 unspecified atom stereocenters. The molecule has 1 heterocycles. The highest BCUT2D eigenvalue weighted by molar-refractivity contribution is 6.34. The number of carbonyl (C=O) groups is 2. The summed E-state index contributed by atoms with van der Waals surface area (Å²) in [6, 6.07) is 11.3. The van der Waals surface area contributed by atoms with Gasteiger partial charge in [0.15, 0.2) is 0 Å². The first-order valence-electron chi connectivity index (χ1n) is 8.20. The van der Waals surface area contributed by atoms with Crippen LogP contribution in [0, 0.1) is 11.7 Å². The summed E-state index contributed by atoms with van der Waals surface area (Å²) in [5, 5.41) is 3.36. The molecule has 7 heteroatoms. The zero-order valence-corrected chi connectivity index (χ0v) is 15.3.